The Bertz CT molecular complexity index is 262. The van der Waals surface area contributed by atoms with Crippen molar-refractivity contribution in [3.8, 4) is 0 Å². The summed E-state index contributed by atoms with van der Waals surface area (Å²) in [6, 6.07) is 0.493. The van der Waals surface area contributed by atoms with Gasteiger partial charge in [0.25, 0.3) is 0 Å². The Balaban J connectivity index is 2.15. The van der Waals surface area contributed by atoms with Crippen molar-refractivity contribution in [2.45, 2.75) is 32.7 Å². The molecule has 0 saturated carbocycles. The number of nitrogens with zero attached hydrogens (tertiary/aromatic N) is 1. The van der Waals surface area contributed by atoms with Crippen molar-refractivity contribution in [2.24, 2.45) is 0 Å². The summed E-state index contributed by atoms with van der Waals surface area (Å²) < 4.78 is 0. The van der Waals surface area contributed by atoms with Crippen LogP contribution in [0.3, 0.4) is 0 Å². The average Bonchev–Trinajstić information content (AvgIpc) is 2.31. The molecule has 0 aromatic heterocycles. The second-order valence-electron chi connectivity index (χ2n) is 4.37. The van der Waals surface area contributed by atoms with Gasteiger partial charge in [-0.1, -0.05) is 50.3 Å². The molecule has 0 aromatic carbocycles. The molecule has 1 aliphatic rings. The molecule has 2 heteroatoms. The van der Waals surface area contributed by atoms with Gasteiger partial charge in [0.05, 0.1) is 0 Å². The highest BCUT2D eigenvalue weighted by Gasteiger charge is 2.02. The van der Waals surface area contributed by atoms with Crippen molar-refractivity contribution in [3.63, 3.8) is 0 Å². The lowest BCUT2D eigenvalue weighted by Crippen LogP contribution is -2.31. The van der Waals surface area contributed by atoms with E-state index in [4.69, 9.17) is 0 Å². The maximum atomic E-state index is 3.59. The van der Waals surface area contributed by atoms with Gasteiger partial charge in [-0.3, -0.25) is 0 Å². The lowest BCUT2D eigenvalue weighted by Gasteiger charge is -2.19. The molecule has 17 heavy (non-hydrogen) atoms. The molecule has 0 aliphatic heterocycles. The largest absolute Gasteiger partial charge is 0.310 e. The van der Waals surface area contributed by atoms with Crippen LogP contribution in [0.4, 0.5) is 0 Å². The van der Waals surface area contributed by atoms with Gasteiger partial charge in [0.2, 0.25) is 0 Å². The van der Waals surface area contributed by atoms with Crippen molar-refractivity contribution in [3.05, 3.63) is 36.5 Å². The van der Waals surface area contributed by atoms with Crippen molar-refractivity contribution in [1.29, 1.82) is 0 Å². The second kappa shape index (κ2) is 9.20. The molecule has 1 unspecified atom stereocenters. The molecule has 96 valence electrons. The second-order valence-corrected chi connectivity index (χ2v) is 4.37. The van der Waals surface area contributed by atoms with E-state index in [0.29, 0.717) is 6.04 Å². The van der Waals surface area contributed by atoms with Crippen LogP contribution >= 0.6 is 0 Å². The number of rotatable bonds is 7. The summed E-state index contributed by atoms with van der Waals surface area (Å²) in [5.74, 6) is 0. The first-order chi connectivity index (χ1) is 8.36. The number of allylic oxidation sites excluding steroid dienone is 4. The Morgan fingerprint density at radius 1 is 1.12 bits per heavy atom. The Morgan fingerprint density at radius 2 is 1.88 bits per heavy atom. The Morgan fingerprint density at radius 3 is 2.65 bits per heavy atom. The predicted octanol–water partition coefficient (Wildman–Crippen LogP) is 2.75. The summed E-state index contributed by atoms with van der Waals surface area (Å²) in [5, 5.41) is 3.59. The third kappa shape index (κ3) is 6.44. The fourth-order valence-corrected chi connectivity index (χ4v) is 1.99. The van der Waals surface area contributed by atoms with Crippen LogP contribution in [0.25, 0.3) is 0 Å². The summed E-state index contributed by atoms with van der Waals surface area (Å²) in [5.41, 5.74) is 0. The molecule has 0 spiro atoms. The Hall–Kier alpha value is -0.860. The molecule has 1 atom stereocenters. The highest BCUT2D eigenvalue weighted by Crippen LogP contribution is 2.00. The van der Waals surface area contributed by atoms with Gasteiger partial charge in [-0.15, -0.1) is 0 Å². The van der Waals surface area contributed by atoms with E-state index < -0.39 is 0 Å². The van der Waals surface area contributed by atoms with Crippen molar-refractivity contribution < 1.29 is 0 Å². The summed E-state index contributed by atoms with van der Waals surface area (Å²) in [6.45, 7) is 9.08. The van der Waals surface area contributed by atoms with Crippen molar-refractivity contribution >= 4 is 0 Å². The molecule has 0 radical (unpaired) electrons. The molecule has 1 N–H and O–H groups in total. The Kier molecular flexibility index (Phi) is 7.69. The molecular formula is C15H26N2. The predicted molar refractivity (Wildman–Crippen MR) is 76.2 cm³/mol. The summed E-state index contributed by atoms with van der Waals surface area (Å²) in [6.07, 6.45) is 15.2. The van der Waals surface area contributed by atoms with Crippen LogP contribution in [0, 0.1) is 0 Å². The first-order valence-electron chi connectivity index (χ1n) is 6.82. The minimum atomic E-state index is 0.493. The van der Waals surface area contributed by atoms with Gasteiger partial charge in [0, 0.05) is 6.04 Å². The van der Waals surface area contributed by atoms with Gasteiger partial charge >= 0.3 is 0 Å². The molecule has 0 heterocycles. The summed E-state index contributed by atoms with van der Waals surface area (Å²) in [4.78, 5) is 2.47. The van der Waals surface area contributed by atoms with E-state index in [-0.39, 0.29) is 0 Å². The maximum Gasteiger partial charge on any atom is 0.0287 e. The van der Waals surface area contributed by atoms with Gasteiger partial charge < -0.3 is 10.2 Å². The zero-order valence-electron chi connectivity index (χ0n) is 11.2. The van der Waals surface area contributed by atoms with Gasteiger partial charge in [-0.2, -0.15) is 0 Å². The highest BCUT2D eigenvalue weighted by molar-refractivity contribution is 5.16. The van der Waals surface area contributed by atoms with Crippen LogP contribution < -0.4 is 5.32 Å². The van der Waals surface area contributed by atoms with Gasteiger partial charge in [-0.05, 0) is 39.0 Å². The smallest absolute Gasteiger partial charge is 0.0287 e. The van der Waals surface area contributed by atoms with E-state index in [2.05, 4.69) is 60.5 Å². The van der Waals surface area contributed by atoms with Gasteiger partial charge in [0.15, 0.2) is 0 Å². The minimum Gasteiger partial charge on any atom is -0.310 e. The number of nitrogens with one attached hydrogen (secondary N) is 1. The van der Waals surface area contributed by atoms with E-state index in [0.717, 1.165) is 26.1 Å². The van der Waals surface area contributed by atoms with Gasteiger partial charge in [0.1, 0.15) is 0 Å². The third-order valence-corrected chi connectivity index (χ3v) is 3.15. The first-order valence-corrected chi connectivity index (χ1v) is 6.82. The van der Waals surface area contributed by atoms with Crippen LogP contribution in [-0.2, 0) is 0 Å². The minimum absolute atomic E-state index is 0.493. The van der Waals surface area contributed by atoms with Crippen LogP contribution in [0.5, 0.6) is 0 Å². The van der Waals surface area contributed by atoms with Crippen molar-refractivity contribution in [1.82, 2.24) is 10.2 Å². The van der Waals surface area contributed by atoms with E-state index >= 15 is 0 Å². The molecule has 2 nitrogen and oxygen atoms in total. The van der Waals surface area contributed by atoms with Gasteiger partial charge in [-0.25, -0.2) is 0 Å². The van der Waals surface area contributed by atoms with E-state index in [9.17, 15) is 0 Å². The van der Waals surface area contributed by atoms with Crippen LogP contribution in [0.1, 0.15) is 26.7 Å². The van der Waals surface area contributed by atoms with E-state index in [1.54, 1.807) is 0 Å². The molecule has 0 fully saturated rings. The van der Waals surface area contributed by atoms with E-state index in [1.807, 2.05) is 0 Å². The summed E-state index contributed by atoms with van der Waals surface area (Å²) >= 11 is 0. The zero-order chi connectivity index (χ0) is 12.3. The SMILES string of the molecule is CCN(CC)CCCNC1\C=C/C=C\C=C/C1. The molecular weight excluding hydrogens is 208 g/mol. The highest BCUT2D eigenvalue weighted by atomic mass is 15.1. The topological polar surface area (TPSA) is 15.3 Å². The van der Waals surface area contributed by atoms with Crippen LogP contribution in [0.2, 0.25) is 0 Å². The number of hydrogen-bond acceptors (Lipinski definition) is 2. The molecule has 1 aliphatic carbocycles. The normalized spacial score (nSPS) is 25.2. The molecule has 1 rings (SSSR count). The summed E-state index contributed by atoms with van der Waals surface area (Å²) in [7, 11) is 0. The molecule has 0 amide bonds. The van der Waals surface area contributed by atoms with Crippen molar-refractivity contribution in [2.75, 3.05) is 26.2 Å². The van der Waals surface area contributed by atoms with Crippen LogP contribution in [-0.4, -0.2) is 37.1 Å². The monoisotopic (exact) mass is 234 g/mol. The van der Waals surface area contributed by atoms with E-state index in [1.165, 1.54) is 13.0 Å². The van der Waals surface area contributed by atoms with Crippen LogP contribution in [0.15, 0.2) is 36.5 Å². The quantitative estimate of drug-likeness (QED) is 0.681. The molecule has 0 bridgehead atoms. The number of hydrogen-bond donors (Lipinski definition) is 1. The lowest BCUT2D eigenvalue weighted by atomic mass is 10.1. The first kappa shape index (κ1) is 14.2. The fraction of sp³-hybridized carbons (Fsp3) is 0.600. The maximum absolute atomic E-state index is 3.59. The Labute approximate surface area is 106 Å². The average molecular weight is 234 g/mol. The lowest BCUT2D eigenvalue weighted by molar-refractivity contribution is 0.297. The zero-order valence-corrected chi connectivity index (χ0v) is 11.2. The standard InChI is InChI=1S/C15H26N2/c1-3-17(4-2)14-10-13-16-15-11-8-6-5-7-9-12-15/h5-9,11,15-16H,3-4,10,12-14H2,1-2H3/b6-5-,9-7-,11-8-. The molecule has 0 aromatic rings. The third-order valence-electron chi connectivity index (χ3n) is 3.15. The fourth-order valence-electron chi connectivity index (χ4n) is 1.99. The molecule has 0 saturated heterocycles.